The number of sulfone groups is 1. The Hall–Kier alpha value is -2.94. The fourth-order valence-corrected chi connectivity index (χ4v) is 9.29. The fraction of sp³-hybridized carbons (Fsp3) is 0.484. The number of nitrogens with zero attached hydrogens (tertiary/aromatic N) is 4. The second kappa shape index (κ2) is 12.7. The van der Waals surface area contributed by atoms with E-state index in [9.17, 15) is 23.3 Å². The lowest BCUT2D eigenvalue weighted by Crippen LogP contribution is -2.40. The van der Waals surface area contributed by atoms with Crippen molar-refractivity contribution in [3.05, 3.63) is 67.8 Å². The highest BCUT2D eigenvalue weighted by atomic mass is 32.2. The molecule has 0 spiro atoms. The third kappa shape index (κ3) is 6.21. The first-order valence-corrected chi connectivity index (χ1v) is 17.6. The molecule has 2 aromatic rings. The first-order chi connectivity index (χ1) is 20.1. The van der Waals surface area contributed by atoms with Gasteiger partial charge in [0, 0.05) is 25.2 Å². The van der Waals surface area contributed by atoms with Gasteiger partial charge in [0.05, 0.1) is 22.5 Å². The number of carbonyl (C=O) groups excluding carboxylic acids is 1. The molecule has 0 aliphatic carbocycles. The first-order valence-electron chi connectivity index (χ1n) is 14.6. The Labute approximate surface area is 257 Å². The molecule has 11 heteroatoms. The molecule has 3 saturated heterocycles. The van der Waals surface area contributed by atoms with E-state index in [4.69, 9.17) is 12.2 Å². The van der Waals surface area contributed by atoms with E-state index in [0.29, 0.717) is 39.2 Å². The highest BCUT2D eigenvalue weighted by Gasteiger charge is 2.42. The maximum atomic E-state index is 13.6. The summed E-state index contributed by atoms with van der Waals surface area (Å²) in [5, 5.41) is 9.98. The number of amides is 1. The van der Waals surface area contributed by atoms with Crippen LogP contribution in [0.15, 0.2) is 40.0 Å². The van der Waals surface area contributed by atoms with E-state index in [1.807, 2.05) is 6.07 Å². The lowest BCUT2D eigenvalue weighted by Gasteiger charge is -2.36. The van der Waals surface area contributed by atoms with Gasteiger partial charge in [0.25, 0.3) is 11.5 Å². The number of anilines is 1. The molecular weight excluding hydrogens is 589 g/mol. The van der Waals surface area contributed by atoms with Crippen molar-refractivity contribution in [2.24, 2.45) is 5.92 Å². The Balaban J connectivity index is 1.52. The van der Waals surface area contributed by atoms with E-state index < -0.39 is 15.9 Å². The smallest absolute Gasteiger partial charge is 0.270 e. The molecule has 8 nitrogen and oxygen atoms in total. The fourth-order valence-electron chi connectivity index (χ4n) is 6.21. The molecule has 4 heterocycles. The minimum Gasteiger partial charge on any atom is -0.357 e. The van der Waals surface area contributed by atoms with Crippen LogP contribution >= 0.6 is 24.0 Å². The van der Waals surface area contributed by atoms with Crippen LogP contribution in [0.5, 0.6) is 0 Å². The van der Waals surface area contributed by atoms with Crippen LogP contribution < -0.4 is 10.5 Å². The van der Waals surface area contributed by atoms with E-state index in [2.05, 4.69) is 42.2 Å². The molecule has 3 fully saturated rings. The summed E-state index contributed by atoms with van der Waals surface area (Å²) in [5.74, 6) is 0.919. The van der Waals surface area contributed by atoms with Gasteiger partial charge in [-0.1, -0.05) is 67.7 Å². The summed E-state index contributed by atoms with van der Waals surface area (Å²) < 4.78 is 26.3. The number of thiocarbonyl (C=S) groups is 1. The van der Waals surface area contributed by atoms with Crippen molar-refractivity contribution in [1.29, 1.82) is 5.26 Å². The SMILES string of the molecule is CCCCn1c(N2CCC(Cc3ccccc3)CC2)c(/C=C2\SC(=S)N(C3CCS(=O)(=O)C3)C2=O)c(C)c(C#N)c1=O. The molecule has 0 bridgehead atoms. The zero-order valence-electron chi connectivity index (χ0n) is 24.0. The van der Waals surface area contributed by atoms with Crippen LogP contribution in [0.1, 0.15) is 61.3 Å². The molecule has 3 aliphatic rings. The number of thioether (sulfide) groups is 1. The summed E-state index contributed by atoms with van der Waals surface area (Å²) in [7, 11) is -3.20. The molecule has 1 aromatic heterocycles. The average Bonchev–Trinajstić information content (AvgIpc) is 3.46. The average molecular weight is 625 g/mol. The van der Waals surface area contributed by atoms with E-state index in [-0.39, 0.29) is 28.5 Å². The molecule has 42 heavy (non-hydrogen) atoms. The van der Waals surface area contributed by atoms with Crippen molar-refractivity contribution in [1.82, 2.24) is 9.47 Å². The largest absolute Gasteiger partial charge is 0.357 e. The Morgan fingerprint density at radius 2 is 1.86 bits per heavy atom. The zero-order chi connectivity index (χ0) is 30.0. The van der Waals surface area contributed by atoms with Gasteiger partial charge in [-0.25, -0.2) is 8.42 Å². The first kappa shape index (κ1) is 30.5. The predicted octanol–water partition coefficient (Wildman–Crippen LogP) is 4.68. The predicted molar refractivity (Wildman–Crippen MR) is 172 cm³/mol. The summed E-state index contributed by atoms with van der Waals surface area (Å²) in [5.41, 5.74) is 2.33. The number of hydrogen-bond acceptors (Lipinski definition) is 8. The molecule has 3 aliphatic heterocycles. The number of unbranched alkanes of at least 4 members (excludes halogenated alkanes) is 1. The quantitative estimate of drug-likeness (QED) is 0.308. The normalized spacial score (nSPS) is 21.8. The molecule has 5 rings (SSSR count). The number of rotatable bonds is 8. The van der Waals surface area contributed by atoms with Crippen molar-refractivity contribution in [2.75, 3.05) is 29.5 Å². The van der Waals surface area contributed by atoms with Crippen LogP contribution in [-0.2, 0) is 27.6 Å². The van der Waals surface area contributed by atoms with Crippen LogP contribution in [0, 0.1) is 24.2 Å². The number of nitriles is 1. The number of aromatic nitrogens is 1. The maximum Gasteiger partial charge on any atom is 0.270 e. The van der Waals surface area contributed by atoms with Crippen LogP contribution in [-0.4, -0.2) is 58.7 Å². The van der Waals surface area contributed by atoms with Crippen LogP contribution in [0.3, 0.4) is 0 Å². The highest BCUT2D eigenvalue weighted by Crippen LogP contribution is 2.39. The number of pyridine rings is 1. The standard InChI is InChI=1S/C31H36N4O4S3/c1-3-4-13-34-28(33-14-10-23(11-15-33)17-22-8-6-5-7-9-22)25(21(2)26(19-32)29(34)36)18-27-30(37)35(31(40)41-27)24-12-16-42(38,39)20-24/h5-9,18,23-24H,3-4,10-17,20H2,1-2H3/b27-18-. The zero-order valence-corrected chi connectivity index (χ0v) is 26.5. The van der Waals surface area contributed by atoms with Crippen LogP contribution in [0.2, 0.25) is 0 Å². The van der Waals surface area contributed by atoms with Crippen molar-refractivity contribution < 1.29 is 13.2 Å². The summed E-state index contributed by atoms with van der Waals surface area (Å²) in [6, 6.07) is 12.1. The van der Waals surface area contributed by atoms with Gasteiger partial charge in [0.1, 0.15) is 21.8 Å². The van der Waals surface area contributed by atoms with E-state index in [0.717, 1.165) is 62.8 Å². The molecule has 0 N–H and O–H groups in total. The molecule has 0 radical (unpaired) electrons. The Bertz CT molecular complexity index is 1620. The van der Waals surface area contributed by atoms with E-state index in [1.165, 1.54) is 10.5 Å². The van der Waals surface area contributed by atoms with Crippen molar-refractivity contribution in [3.8, 4) is 6.07 Å². The third-order valence-corrected chi connectivity index (χ3v) is 11.6. The number of benzene rings is 1. The molecule has 1 unspecified atom stereocenters. The van der Waals surface area contributed by atoms with E-state index in [1.54, 1.807) is 17.6 Å². The van der Waals surface area contributed by atoms with Crippen molar-refractivity contribution in [3.63, 3.8) is 0 Å². The summed E-state index contributed by atoms with van der Waals surface area (Å²) in [6.45, 7) is 5.83. The minimum absolute atomic E-state index is 0.0468. The Morgan fingerprint density at radius 1 is 1.14 bits per heavy atom. The van der Waals surface area contributed by atoms with Gasteiger partial charge in [-0.05, 0) is 62.1 Å². The molecular formula is C31H36N4O4S3. The van der Waals surface area contributed by atoms with Crippen molar-refractivity contribution >= 4 is 55.9 Å². The van der Waals surface area contributed by atoms with Gasteiger partial charge in [0.2, 0.25) is 0 Å². The molecule has 222 valence electrons. The lowest BCUT2D eigenvalue weighted by atomic mass is 9.90. The highest BCUT2D eigenvalue weighted by molar-refractivity contribution is 8.26. The van der Waals surface area contributed by atoms with Gasteiger partial charge in [0.15, 0.2) is 9.84 Å². The van der Waals surface area contributed by atoms with Gasteiger partial charge in [-0.2, -0.15) is 5.26 Å². The molecule has 1 atom stereocenters. The van der Waals surface area contributed by atoms with Gasteiger partial charge in [-0.3, -0.25) is 19.1 Å². The topological polar surface area (TPSA) is 103 Å². The monoisotopic (exact) mass is 624 g/mol. The number of piperidine rings is 1. The van der Waals surface area contributed by atoms with Gasteiger partial charge < -0.3 is 4.90 Å². The lowest BCUT2D eigenvalue weighted by molar-refractivity contribution is -0.123. The summed E-state index contributed by atoms with van der Waals surface area (Å²) in [4.78, 5) is 31.3. The minimum atomic E-state index is -3.20. The van der Waals surface area contributed by atoms with Gasteiger partial charge >= 0.3 is 0 Å². The Morgan fingerprint density at radius 3 is 2.48 bits per heavy atom. The summed E-state index contributed by atoms with van der Waals surface area (Å²) in [6.07, 6.45) is 6.75. The second-order valence-electron chi connectivity index (χ2n) is 11.4. The van der Waals surface area contributed by atoms with Crippen molar-refractivity contribution in [2.45, 2.75) is 65.0 Å². The van der Waals surface area contributed by atoms with E-state index >= 15 is 0 Å². The molecule has 0 saturated carbocycles. The molecule has 1 aromatic carbocycles. The van der Waals surface area contributed by atoms with Crippen LogP contribution in [0.25, 0.3) is 6.08 Å². The van der Waals surface area contributed by atoms with Crippen LogP contribution in [0.4, 0.5) is 5.82 Å². The number of carbonyl (C=O) groups is 1. The Kier molecular flexibility index (Phi) is 9.26. The number of hydrogen-bond donors (Lipinski definition) is 0. The maximum absolute atomic E-state index is 13.6. The van der Waals surface area contributed by atoms with Gasteiger partial charge in [-0.15, -0.1) is 0 Å². The molecule has 1 amide bonds. The third-order valence-electron chi connectivity index (χ3n) is 8.54. The summed E-state index contributed by atoms with van der Waals surface area (Å²) >= 11 is 6.70. The second-order valence-corrected chi connectivity index (χ2v) is 15.3.